The first kappa shape index (κ1) is 8.49. The van der Waals surface area contributed by atoms with Gasteiger partial charge < -0.3 is 0 Å². The van der Waals surface area contributed by atoms with Crippen molar-refractivity contribution in [1.29, 1.82) is 0 Å². The molecule has 1 aliphatic carbocycles. The fourth-order valence-electron chi connectivity index (χ4n) is 0.742. The Hall–Kier alpha value is 0.390. The van der Waals surface area contributed by atoms with Crippen molar-refractivity contribution < 1.29 is 8.42 Å². The predicted molar refractivity (Wildman–Crippen MR) is 43.5 cm³/mol. The van der Waals surface area contributed by atoms with Crippen molar-refractivity contribution in [1.82, 2.24) is 4.31 Å². The van der Waals surface area contributed by atoms with Crippen LogP contribution in [0.4, 0.5) is 0 Å². The largest absolute Gasteiger partial charge is 0.224 e. The van der Waals surface area contributed by atoms with E-state index < -0.39 is 10.0 Å². The number of rotatable bonds is 3. The van der Waals surface area contributed by atoms with Crippen molar-refractivity contribution in [2.45, 2.75) is 18.9 Å². The van der Waals surface area contributed by atoms with Crippen molar-refractivity contribution in [2.75, 3.05) is 11.7 Å². The molecule has 0 aromatic rings. The van der Waals surface area contributed by atoms with Gasteiger partial charge in [-0.25, -0.2) is 12.7 Å². The molecule has 0 bridgehead atoms. The second kappa shape index (κ2) is 2.79. The predicted octanol–water partition coefficient (Wildman–Crippen LogP) is 0.763. The molecule has 1 aliphatic rings. The second-order valence-corrected chi connectivity index (χ2v) is 5.80. The van der Waals surface area contributed by atoms with E-state index in [2.05, 4.69) is 15.9 Å². The molecule has 0 aromatic heterocycles. The molecule has 0 heterocycles. The molecule has 60 valence electrons. The molecule has 0 aliphatic heterocycles. The molecule has 0 unspecified atom stereocenters. The molecule has 10 heavy (non-hydrogen) atoms. The van der Waals surface area contributed by atoms with Crippen LogP contribution >= 0.6 is 15.9 Å². The van der Waals surface area contributed by atoms with Gasteiger partial charge >= 0.3 is 0 Å². The Balaban J connectivity index is 2.62. The minimum Gasteiger partial charge on any atom is -0.211 e. The van der Waals surface area contributed by atoms with Crippen LogP contribution in [0.2, 0.25) is 0 Å². The van der Waals surface area contributed by atoms with E-state index in [4.69, 9.17) is 0 Å². The standard InChI is InChI=1S/C5H10BrNO2S/c1-7(5-2-3-5)10(8,9)4-6/h5H,2-4H2,1H3. The van der Waals surface area contributed by atoms with Crippen molar-refractivity contribution in [2.24, 2.45) is 0 Å². The minimum atomic E-state index is -2.98. The minimum absolute atomic E-state index is 0.0347. The first-order chi connectivity index (χ1) is 4.58. The average molecular weight is 228 g/mol. The van der Waals surface area contributed by atoms with Gasteiger partial charge in [0.05, 0.1) is 0 Å². The highest BCUT2D eigenvalue weighted by molar-refractivity contribution is 9.10. The molecule has 0 aromatic carbocycles. The molecule has 1 rings (SSSR count). The van der Waals surface area contributed by atoms with Crippen LogP contribution in [0.1, 0.15) is 12.8 Å². The Labute approximate surface area is 69.6 Å². The monoisotopic (exact) mass is 227 g/mol. The molecule has 0 spiro atoms. The molecule has 1 fully saturated rings. The van der Waals surface area contributed by atoms with Gasteiger partial charge in [0.15, 0.2) is 0 Å². The third-order valence-electron chi connectivity index (χ3n) is 1.64. The van der Waals surface area contributed by atoms with Crippen molar-refractivity contribution in [3.05, 3.63) is 0 Å². The first-order valence-electron chi connectivity index (χ1n) is 3.09. The molecule has 5 heteroatoms. The van der Waals surface area contributed by atoms with Crippen LogP contribution in [0, 0.1) is 0 Å². The Morgan fingerprint density at radius 3 is 2.40 bits per heavy atom. The van der Waals surface area contributed by atoms with Gasteiger partial charge in [-0.3, -0.25) is 0 Å². The lowest BCUT2D eigenvalue weighted by Crippen LogP contribution is -2.29. The highest BCUT2D eigenvalue weighted by atomic mass is 79.9. The lowest BCUT2D eigenvalue weighted by atomic mass is 10.7. The van der Waals surface area contributed by atoms with Gasteiger partial charge in [0.2, 0.25) is 10.0 Å². The van der Waals surface area contributed by atoms with E-state index in [0.717, 1.165) is 12.8 Å². The average Bonchev–Trinajstić information content (AvgIpc) is 2.68. The number of nitrogens with zero attached hydrogens (tertiary/aromatic N) is 1. The Kier molecular flexibility index (Phi) is 2.37. The quantitative estimate of drug-likeness (QED) is 0.669. The number of hydrogen-bond acceptors (Lipinski definition) is 2. The second-order valence-electron chi connectivity index (χ2n) is 2.47. The highest BCUT2D eigenvalue weighted by Gasteiger charge is 2.33. The van der Waals surface area contributed by atoms with Crippen LogP contribution in [0.25, 0.3) is 0 Å². The molecule has 3 nitrogen and oxygen atoms in total. The summed E-state index contributed by atoms with van der Waals surface area (Å²) in [4.78, 5) is 0. The molecule has 0 saturated heterocycles. The van der Waals surface area contributed by atoms with Crippen LogP contribution in [0.15, 0.2) is 0 Å². The Morgan fingerprint density at radius 1 is 1.60 bits per heavy atom. The summed E-state index contributed by atoms with van der Waals surface area (Å²) >= 11 is 2.94. The normalized spacial score (nSPS) is 19.9. The molecular weight excluding hydrogens is 218 g/mol. The van der Waals surface area contributed by atoms with Crippen molar-refractivity contribution in [3.63, 3.8) is 0 Å². The summed E-state index contributed by atoms with van der Waals surface area (Å²) in [5.41, 5.74) is 0. The number of alkyl halides is 1. The van der Waals surface area contributed by atoms with E-state index in [9.17, 15) is 8.42 Å². The summed E-state index contributed by atoms with van der Waals surface area (Å²) < 4.78 is 23.6. The fourth-order valence-corrected chi connectivity index (χ4v) is 2.53. The summed E-state index contributed by atoms with van der Waals surface area (Å²) in [6.07, 6.45) is 2.03. The fraction of sp³-hybridized carbons (Fsp3) is 1.00. The third-order valence-corrected chi connectivity index (χ3v) is 4.82. The Morgan fingerprint density at radius 2 is 2.10 bits per heavy atom. The highest BCUT2D eigenvalue weighted by Crippen LogP contribution is 2.27. The van der Waals surface area contributed by atoms with Crippen molar-refractivity contribution in [3.8, 4) is 0 Å². The molecule has 0 N–H and O–H groups in total. The van der Waals surface area contributed by atoms with E-state index in [-0.39, 0.29) is 10.7 Å². The SMILES string of the molecule is CN(C1CC1)S(=O)(=O)CBr. The maximum absolute atomic E-state index is 11.1. The van der Waals surface area contributed by atoms with Crippen LogP contribution < -0.4 is 0 Å². The van der Waals surface area contributed by atoms with Crippen LogP contribution in [-0.4, -0.2) is 30.5 Å². The topological polar surface area (TPSA) is 37.4 Å². The summed E-state index contributed by atoms with van der Waals surface area (Å²) in [6.45, 7) is 0. The lowest BCUT2D eigenvalue weighted by Gasteiger charge is -2.13. The number of sulfonamides is 1. The summed E-state index contributed by atoms with van der Waals surface area (Å²) in [6, 6.07) is 0.280. The molecular formula is C5H10BrNO2S. The van der Waals surface area contributed by atoms with E-state index in [1.165, 1.54) is 4.31 Å². The van der Waals surface area contributed by atoms with Crippen LogP contribution in [0.3, 0.4) is 0 Å². The van der Waals surface area contributed by atoms with Gasteiger partial charge in [-0.1, -0.05) is 15.9 Å². The molecule has 0 amide bonds. The van der Waals surface area contributed by atoms with Crippen LogP contribution in [0.5, 0.6) is 0 Å². The van der Waals surface area contributed by atoms with Gasteiger partial charge in [0.1, 0.15) is 4.66 Å². The lowest BCUT2D eigenvalue weighted by molar-refractivity contribution is 0.469. The smallest absolute Gasteiger partial charge is 0.211 e. The Bertz CT molecular complexity index is 210. The number of hydrogen-bond donors (Lipinski definition) is 0. The first-order valence-corrected chi connectivity index (χ1v) is 5.82. The van der Waals surface area contributed by atoms with E-state index >= 15 is 0 Å². The summed E-state index contributed by atoms with van der Waals surface area (Å²) in [7, 11) is -1.35. The van der Waals surface area contributed by atoms with E-state index in [1.807, 2.05) is 0 Å². The van der Waals surface area contributed by atoms with E-state index in [1.54, 1.807) is 7.05 Å². The van der Waals surface area contributed by atoms with Gasteiger partial charge in [0, 0.05) is 13.1 Å². The third kappa shape index (κ3) is 1.71. The molecule has 0 atom stereocenters. The summed E-state index contributed by atoms with van der Waals surface area (Å²) in [5, 5.41) is 0. The maximum atomic E-state index is 11.1. The zero-order valence-electron chi connectivity index (χ0n) is 5.75. The van der Waals surface area contributed by atoms with Crippen molar-refractivity contribution >= 4 is 26.0 Å². The van der Waals surface area contributed by atoms with Gasteiger partial charge in [-0.2, -0.15) is 0 Å². The van der Waals surface area contributed by atoms with Gasteiger partial charge in [-0.15, -0.1) is 0 Å². The van der Waals surface area contributed by atoms with Gasteiger partial charge in [-0.05, 0) is 12.8 Å². The maximum Gasteiger partial charge on any atom is 0.224 e. The zero-order chi connectivity index (χ0) is 7.78. The molecule has 0 radical (unpaired) electrons. The number of halogens is 1. The zero-order valence-corrected chi connectivity index (χ0v) is 8.15. The van der Waals surface area contributed by atoms with Gasteiger partial charge in [0.25, 0.3) is 0 Å². The molecule has 1 saturated carbocycles. The van der Waals surface area contributed by atoms with Crippen LogP contribution in [-0.2, 0) is 10.0 Å². The summed E-state index contributed by atoms with van der Waals surface area (Å²) in [5.74, 6) is 0. The van der Waals surface area contributed by atoms with E-state index in [0.29, 0.717) is 0 Å².